The van der Waals surface area contributed by atoms with Gasteiger partial charge in [-0.05, 0) is 47.7 Å². The van der Waals surface area contributed by atoms with Crippen molar-refractivity contribution in [2.45, 2.75) is 58.3 Å². The molecule has 0 aromatic heterocycles. The van der Waals surface area contributed by atoms with Gasteiger partial charge in [-0.1, -0.05) is 69.7 Å². The van der Waals surface area contributed by atoms with E-state index in [9.17, 15) is 9.50 Å². The first kappa shape index (κ1) is 17.5. The van der Waals surface area contributed by atoms with E-state index in [2.05, 4.69) is 6.92 Å². The summed E-state index contributed by atoms with van der Waals surface area (Å²) in [7, 11) is 0. The zero-order valence-electron chi connectivity index (χ0n) is 14.0. The fraction of sp³-hybridized carbons (Fsp3) is 0.429. The molecule has 1 N–H and O–H groups in total. The lowest BCUT2D eigenvalue weighted by atomic mass is 10.00. The smallest absolute Gasteiger partial charge is 0.127 e. The van der Waals surface area contributed by atoms with Crippen molar-refractivity contribution >= 4 is 0 Å². The Morgan fingerprint density at radius 3 is 2.04 bits per heavy atom. The second-order valence-corrected chi connectivity index (χ2v) is 6.22. The molecule has 0 atom stereocenters. The van der Waals surface area contributed by atoms with Crippen LogP contribution < -0.4 is 0 Å². The number of aryl methyl sites for hydroxylation is 1. The van der Waals surface area contributed by atoms with Crippen LogP contribution in [0.15, 0.2) is 42.5 Å². The van der Waals surface area contributed by atoms with E-state index in [1.165, 1.54) is 38.5 Å². The average Bonchev–Trinajstić information content (AvgIpc) is 2.56. The Morgan fingerprint density at radius 2 is 1.39 bits per heavy atom. The largest absolute Gasteiger partial charge is 0.508 e. The van der Waals surface area contributed by atoms with Gasteiger partial charge in [-0.3, -0.25) is 0 Å². The summed E-state index contributed by atoms with van der Waals surface area (Å²) in [5.74, 6) is 0.103. The Bertz CT molecular complexity index is 589. The molecular weight excluding hydrogens is 287 g/mol. The van der Waals surface area contributed by atoms with Crippen LogP contribution in [-0.2, 0) is 6.42 Å². The monoisotopic (exact) mass is 314 g/mol. The van der Waals surface area contributed by atoms with Gasteiger partial charge in [-0.25, -0.2) is 4.39 Å². The summed E-state index contributed by atoms with van der Waals surface area (Å²) in [6.45, 7) is 2.23. The van der Waals surface area contributed by atoms with E-state index in [0.29, 0.717) is 0 Å². The molecule has 0 saturated carbocycles. The number of phenolic OH excluding ortho intramolecular Hbond substituents is 1. The van der Waals surface area contributed by atoms with Gasteiger partial charge in [0.15, 0.2) is 0 Å². The number of aromatic hydroxyl groups is 1. The normalized spacial score (nSPS) is 10.9. The van der Waals surface area contributed by atoms with Crippen molar-refractivity contribution in [1.82, 2.24) is 0 Å². The number of rotatable bonds is 9. The van der Waals surface area contributed by atoms with Crippen molar-refractivity contribution in [3.05, 3.63) is 53.8 Å². The average molecular weight is 314 g/mol. The second-order valence-electron chi connectivity index (χ2n) is 6.22. The summed E-state index contributed by atoms with van der Waals surface area (Å²) in [6.07, 6.45) is 9.54. The van der Waals surface area contributed by atoms with Gasteiger partial charge in [-0.2, -0.15) is 0 Å². The first-order chi connectivity index (χ1) is 11.2. The third kappa shape index (κ3) is 5.70. The maximum Gasteiger partial charge on any atom is 0.127 e. The summed E-state index contributed by atoms with van der Waals surface area (Å²) in [5.41, 5.74) is 2.58. The van der Waals surface area contributed by atoms with Crippen LogP contribution in [0.4, 0.5) is 4.39 Å². The van der Waals surface area contributed by atoms with E-state index in [4.69, 9.17) is 0 Å². The lowest BCUT2D eigenvalue weighted by molar-refractivity contribution is 0.475. The van der Waals surface area contributed by atoms with Crippen LogP contribution in [0.1, 0.15) is 57.4 Å². The number of hydrogen-bond donors (Lipinski definition) is 1. The van der Waals surface area contributed by atoms with Crippen LogP contribution in [0.5, 0.6) is 5.75 Å². The van der Waals surface area contributed by atoms with E-state index in [0.717, 1.165) is 29.5 Å². The molecule has 124 valence electrons. The maximum absolute atomic E-state index is 14.2. The summed E-state index contributed by atoms with van der Waals surface area (Å²) in [6, 6.07) is 12.3. The van der Waals surface area contributed by atoms with Crippen LogP contribution >= 0.6 is 0 Å². The molecule has 0 aliphatic rings. The summed E-state index contributed by atoms with van der Waals surface area (Å²) in [4.78, 5) is 0. The van der Waals surface area contributed by atoms with Gasteiger partial charge in [0.2, 0.25) is 0 Å². The molecule has 0 radical (unpaired) electrons. The number of hydrogen-bond acceptors (Lipinski definition) is 1. The molecule has 2 rings (SSSR count). The van der Waals surface area contributed by atoms with Crippen molar-refractivity contribution in [3.8, 4) is 16.9 Å². The van der Waals surface area contributed by atoms with Gasteiger partial charge in [0.05, 0.1) is 0 Å². The topological polar surface area (TPSA) is 20.2 Å². The molecule has 2 aromatic carbocycles. The number of benzene rings is 2. The molecule has 23 heavy (non-hydrogen) atoms. The third-order valence-electron chi connectivity index (χ3n) is 4.30. The number of unbranched alkanes of at least 4 members (excludes halogenated alkanes) is 6. The molecule has 2 heteroatoms. The van der Waals surface area contributed by atoms with Crippen molar-refractivity contribution in [2.24, 2.45) is 0 Å². The van der Waals surface area contributed by atoms with Crippen molar-refractivity contribution < 1.29 is 9.50 Å². The minimum atomic E-state index is -0.124. The first-order valence-corrected chi connectivity index (χ1v) is 8.78. The van der Waals surface area contributed by atoms with E-state index in [-0.39, 0.29) is 11.6 Å². The Balaban J connectivity index is 1.83. The van der Waals surface area contributed by atoms with E-state index >= 15 is 0 Å². The second kappa shape index (κ2) is 9.34. The molecule has 2 aromatic rings. The predicted octanol–water partition coefficient (Wildman–Crippen LogP) is 6.49. The fourth-order valence-corrected chi connectivity index (χ4v) is 2.86. The zero-order valence-corrected chi connectivity index (χ0v) is 14.0. The number of halogens is 1. The summed E-state index contributed by atoms with van der Waals surface area (Å²) in [5, 5.41) is 9.32. The molecule has 1 nitrogen and oxygen atoms in total. The summed E-state index contributed by atoms with van der Waals surface area (Å²) >= 11 is 0. The molecule has 0 amide bonds. The fourth-order valence-electron chi connectivity index (χ4n) is 2.86. The Morgan fingerprint density at radius 1 is 0.783 bits per heavy atom. The molecule has 0 aliphatic carbocycles. The van der Waals surface area contributed by atoms with Crippen LogP contribution in [0.2, 0.25) is 0 Å². The highest BCUT2D eigenvalue weighted by Gasteiger charge is 2.05. The van der Waals surface area contributed by atoms with Crippen LogP contribution in [0.3, 0.4) is 0 Å². The van der Waals surface area contributed by atoms with Crippen molar-refractivity contribution in [3.63, 3.8) is 0 Å². The molecule has 0 fully saturated rings. The molecular formula is C21H27FO. The molecule has 0 spiro atoms. The molecule has 0 bridgehead atoms. The van der Waals surface area contributed by atoms with Crippen molar-refractivity contribution in [1.29, 1.82) is 0 Å². The first-order valence-electron chi connectivity index (χ1n) is 8.78. The minimum Gasteiger partial charge on any atom is -0.508 e. The molecule has 0 saturated heterocycles. The van der Waals surface area contributed by atoms with E-state index < -0.39 is 0 Å². The van der Waals surface area contributed by atoms with Gasteiger partial charge < -0.3 is 5.11 Å². The minimum absolute atomic E-state index is 0.124. The Labute approximate surface area is 139 Å². The SMILES string of the molecule is CCCCCCCCCc1ccc(-c2ccc(O)cc2)cc1F. The van der Waals surface area contributed by atoms with Gasteiger partial charge in [0.1, 0.15) is 11.6 Å². The maximum atomic E-state index is 14.2. The highest BCUT2D eigenvalue weighted by atomic mass is 19.1. The van der Waals surface area contributed by atoms with Gasteiger partial charge in [0.25, 0.3) is 0 Å². The Kier molecular flexibility index (Phi) is 7.12. The van der Waals surface area contributed by atoms with Crippen LogP contribution in [-0.4, -0.2) is 5.11 Å². The quantitative estimate of drug-likeness (QED) is 0.524. The summed E-state index contributed by atoms with van der Waals surface area (Å²) < 4.78 is 14.2. The van der Waals surface area contributed by atoms with Crippen LogP contribution in [0, 0.1) is 5.82 Å². The van der Waals surface area contributed by atoms with Crippen molar-refractivity contribution in [2.75, 3.05) is 0 Å². The highest BCUT2D eigenvalue weighted by molar-refractivity contribution is 5.64. The third-order valence-corrected chi connectivity index (χ3v) is 4.30. The van der Waals surface area contributed by atoms with E-state index in [1.807, 2.05) is 12.1 Å². The van der Waals surface area contributed by atoms with Crippen LogP contribution in [0.25, 0.3) is 11.1 Å². The molecule has 0 heterocycles. The van der Waals surface area contributed by atoms with Gasteiger partial charge >= 0.3 is 0 Å². The molecule has 0 unspecified atom stereocenters. The zero-order chi connectivity index (χ0) is 16.5. The lowest BCUT2D eigenvalue weighted by Gasteiger charge is -2.07. The molecule has 0 aliphatic heterocycles. The van der Waals surface area contributed by atoms with Gasteiger partial charge in [0, 0.05) is 0 Å². The standard InChI is InChI=1S/C21H27FO/c1-2-3-4-5-6-7-8-9-18-10-11-19(16-21(18)22)17-12-14-20(23)15-13-17/h10-16,23H,2-9H2,1H3. The lowest BCUT2D eigenvalue weighted by Crippen LogP contribution is -1.92. The highest BCUT2D eigenvalue weighted by Crippen LogP contribution is 2.24. The Hall–Kier alpha value is -1.83. The predicted molar refractivity (Wildman–Crippen MR) is 95.2 cm³/mol. The number of phenols is 1. The van der Waals surface area contributed by atoms with E-state index in [1.54, 1.807) is 30.3 Å². The van der Waals surface area contributed by atoms with Gasteiger partial charge in [-0.15, -0.1) is 0 Å².